The average Bonchev–Trinajstić information content (AvgIpc) is 2.80. The van der Waals surface area contributed by atoms with E-state index in [9.17, 15) is 43.2 Å². The third-order valence-corrected chi connectivity index (χ3v) is 3.39. The first kappa shape index (κ1) is 27.7. The molecule has 1 aromatic rings. The summed E-state index contributed by atoms with van der Waals surface area (Å²) < 4.78 is 106. The lowest BCUT2D eigenvalue weighted by Gasteiger charge is -2.01. The number of aryl methyl sites for hydroxylation is 1. The second-order valence-electron chi connectivity index (χ2n) is 4.59. The van der Waals surface area contributed by atoms with Crippen LogP contribution in [0.1, 0.15) is 0 Å². The Kier molecular flexibility index (Phi) is 10.5. The molecule has 1 atom stereocenters. The van der Waals surface area contributed by atoms with E-state index >= 15 is 0 Å². The second kappa shape index (κ2) is 10.2. The molecule has 1 heterocycles. The number of nitrogens with zero attached hydrogens (tertiary/aromatic N) is 2. The predicted octanol–water partition coefficient (Wildman–Crippen LogP) is -1.74. The number of primary sulfonamides is 2. The van der Waals surface area contributed by atoms with Crippen LogP contribution in [0.3, 0.4) is 0 Å². The topological polar surface area (TPSA) is 170 Å². The van der Waals surface area contributed by atoms with E-state index in [4.69, 9.17) is 10.2 Å². The molecule has 0 aliphatic carbocycles. The number of alkyl halides is 6. The Hall–Kier alpha value is -1.47. The SMILES string of the molecule is C[n+]1ccn(CC(O)CO)c1.NS(=O)(=O)C(F)(F)F.NS(=O)(=O)C(F)(F)F. The molecule has 0 saturated carbocycles. The number of aromatic nitrogens is 2. The van der Waals surface area contributed by atoms with Gasteiger partial charge >= 0.3 is 31.1 Å². The third kappa shape index (κ3) is 12.5. The number of aliphatic hydroxyl groups excluding tert-OH is 2. The van der Waals surface area contributed by atoms with Crippen molar-refractivity contribution in [1.29, 1.82) is 0 Å². The van der Waals surface area contributed by atoms with Crippen LogP contribution in [0, 0.1) is 0 Å². The Bertz CT molecular complexity index is 732. The largest absolute Gasteiger partial charge is 0.511 e. The van der Waals surface area contributed by atoms with Gasteiger partial charge in [-0.15, -0.1) is 0 Å². The Balaban J connectivity index is 0. The number of hydrogen-bond donors (Lipinski definition) is 4. The van der Waals surface area contributed by atoms with Gasteiger partial charge in [-0.05, 0) is 0 Å². The Morgan fingerprint density at radius 1 is 1.04 bits per heavy atom. The van der Waals surface area contributed by atoms with E-state index in [0.29, 0.717) is 6.54 Å². The molecule has 18 heteroatoms. The van der Waals surface area contributed by atoms with Crippen molar-refractivity contribution in [1.82, 2.24) is 4.57 Å². The summed E-state index contributed by atoms with van der Waals surface area (Å²) in [5, 5.41) is 24.9. The van der Waals surface area contributed by atoms with E-state index in [2.05, 4.69) is 10.3 Å². The summed E-state index contributed by atoms with van der Waals surface area (Å²) in [6, 6.07) is 0. The summed E-state index contributed by atoms with van der Waals surface area (Å²) in [6.07, 6.45) is 4.91. The lowest BCUT2D eigenvalue weighted by Crippen LogP contribution is -2.30. The standard InChI is InChI=1S/C7H13N2O2.2CH2F3NO2S/c1-8-2-3-9(6-8)4-7(11)5-10;2*2-1(3,4)8(5,6)7/h2-3,6-7,10-11H,4-5H2,1H3;2*(H2,5,6,7)/q+1;;. The van der Waals surface area contributed by atoms with Gasteiger partial charge in [-0.2, -0.15) is 26.3 Å². The zero-order valence-electron chi connectivity index (χ0n) is 13.4. The maximum Gasteiger partial charge on any atom is 0.511 e. The molecule has 1 aromatic heterocycles. The van der Waals surface area contributed by atoms with Crippen molar-refractivity contribution in [3.63, 3.8) is 0 Å². The van der Waals surface area contributed by atoms with Gasteiger partial charge in [0.25, 0.3) is 0 Å². The molecular weight excluding hydrogens is 438 g/mol. The molecule has 0 aliphatic heterocycles. The molecule has 162 valence electrons. The number of rotatable bonds is 3. The Morgan fingerprint density at radius 2 is 1.37 bits per heavy atom. The van der Waals surface area contributed by atoms with Crippen molar-refractivity contribution < 1.29 is 58.0 Å². The van der Waals surface area contributed by atoms with Crippen LogP contribution in [0.2, 0.25) is 0 Å². The van der Waals surface area contributed by atoms with Crippen LogP contribution < -0.4 is 14.8 Å². The number of hydrogen-bond acceptors (Lipinski definition) is 6. The molecule has 0 bridgehead atoms. The lowest BCUT2D eigenvalue weighted by molar-refractivity contribution is -0.671. The number of nitrogens with two attached hydrogens (primary N) is 2. The highest BCUT2D eigenvalue weighted by atomic mass is 32.2. The summed E-state index contributed by atoms with van der Waals surface area (Å²) in [5.41, 5.74) is -10.6. The van der Waals surface area contributed by atoms with Crippen LogP contribution in [0.4, 0.5) is 26.3 Å². The summed E-state index contributed by atoms with van der Waals surface area (Å²) in [7, 11) is -8.78. The minimum atomic E-state index is -5.34. The van der Waals surface area contributed by atoms with Gasteiger partial charge in [0, 0.05) is 0 Å². The van der Waals surface area contributed by atoms with Crippen molar-refractivity contribution in [2.24, 2.45) is 17.3 Å². The molecule has 0 fully saturated rings. The van der Waals surface area contributed by atoms with Crippen molar-refractivity contribution in [3.8, 4) is 0 Å². The molecule has 0 aromatic carbocycles. The lowest BCUT2D eigenvalue weighted by atomic mass is 10.4. The van der Waals surface area contributed by atoms with E-state index in [1.54, 1.807) is 0 Å². The minimum Gasteiger partial charge on any atom is -0.394 e. The molecule has 27 heavy (non-hydrogen) atoms. The van der Waals surface area contributed by atoms with Crippen molar-refractivity contribution in [2.45, 2.75) is 23.7 Å². The van der Waals surface area contributed by atoms with Gasteiger partial charge in [0.2, 0.25) is 6.33 Å². The highest BCUT2D eigenvalue weighted by molar-refractivity contribution is 7.90. The van der Waals surface area contributed by atoms with Crippen LogP contribution >= 0.6 is 0 Å². The molecular formula is C9H17F6N4O6S2+. The van der Waals surface area contributed by atoms with Crippen molar-refractivity contribution in [2.75, 3.05) is 6.61 Å². The number of imidazole rings is 1. The second-order valence-corrected chi connectivity index (χ2v) is 7.70. The molecule has 6 N–H and O–H groups in total. The first-order chi connectivity index (χ1) is 11.7. The van der Waals surface area contributed by atoms with Gasteiger partial charge < -0.3 is 10.2 Å². The smallest absolute Gasteiger partial charge is 0.394 e. The number of halogens is 6. The number of aliphatic hydroxyl groups is 2. The Morgan fingerprint density at radius 3 is 1.56 bits per heavy atom. The molecule has 0 radical (unpaired) electrons. The van der Waals surface area contributed by atoms with Gasteiger partial charge in [0.05, 0.1) is 13.7 Å². The highest BCUT2D eigenvalue weighted by Gasteiger charge is 2.43. The van der Waals surface area contributed by atoms with Gasteiger partial charge in [0.15, 0.2) is 0 Å². The zero-order chi connectivity index (χ0) is 22.3. The van der Waals surface area contributed by atoms with E-state index in [1.165, 1.54) is 0 Å². The Labute approximate surface area is 149 Å². The summed E-state index contributed by atoms with van der Waals surface area (Å²) in [4.78, 5) is 0. The van der Waals surface area contributed by atoms with Crippen LogP contribution in [0.25, 0.3) is 0 Å². The monoisotopic (exact) mass is 455 g/mol. The third-order valence-electron chi connectivity index (χ3n) is 2.10. The van der Waals surface area contributed by atoms with E-state index in [0.717, 1.165) is 0 Å². The van der Waals surface area contributed by atoms with Gasteiger partial charge in [-0.1, -0.05) is 0 Å². The highest BCUT2D eigenvalue weighted by Crippen LogP contribution is 2.19. The molecule has 1 rings (SSSR count). The van der Waals surface area contributed by atoms with Crippen LogP contribution in [-0.2, 0) is 33.6 Å². The van der Waals surface area contributed by atoms with E-state index < -0.39 is 37.2 Å². The molecule has 0 aliphatic rings. The van der Waals surface area contributed by atoms with E-state index in [1.807, 2.05) is 34.9 Å². The van der Waals surface area contributed by atoms with Crippen LogP contribution in [0.5, 0.6) is 0 Å². The molecule has 1 unspecified atom stereocenters. The summed E-state index contributed by atoms with van der Waals surface area (Å²) >= 11 is 0. The molecule has 10 nitrogen and oxygen atoms in total. The maximum atomic E-state index is 10.8. The van der Waals surface area contributed by atoms with Crippen molar-refractivity contribution >= 4 is 20.0 Å². The normalized spacial score (nSPS) is 13.7. The number of sulfonamides is 2. The van der Waals surface area contributed by atoms with Gasteiger partial charge in [0.1, 0.15) is 25.0 Å². The molecule has 0 spiro atoms. The van der Waals surface area contributed by atoms with Crippen LogP contribution in [0.15, 0.2) is 18.7 Å². The molecule has 0 amide bonds. The fraction of sp³-hybridized carbons (Fsp3) is 0.667. The average molecular weight is 455 g/mol. The first-order valence-electron chi connectivity index (χ1n) is 6.20. The molecule has 0 saturated heterocycles. The minimum absolute atomic E-state index is 0.193. The van der Waals surface area contributed by atoms with Gasteiger partial charge in [-0.3, -0.25) is 0 Å². The predicted molar refractivity (Wildman–Crippen MR) is 77.0 cm³/mol. The fourth-order valence-corrected chi connectivity index (χ4v) is 0.911. The van der Waals surface area contributed by atoms with Crippen molar-refractivity contribution in [3.05, 3.63) is 18.7 Å². The summed E-state index contributed by atoms with van der Waals surface area (Å²) in [6.45, 7) is 0.249. The van der Waals surface area contributed by atoms with Crippen LogP contribution in [-0.4, -0.2) is 55.3 Å². The quantitative estimate of drug-likeness (QED) is 0.311. The fourth-order valence-electron chi connectivity index (χ4n) is 0.911. The maximum absolute atomic E-state index is 10.8. The van der Waals surface area contributed by atoms with Gasteiger partial charge in [-0.25, -0.2) is 36.2 Å². The first-order valence-corrected chi connectivity index (χ1v) is 9.29. The van der Waals surface area contributed by atoms with E-state index in [-0.39, 0.29) is 6.61 Å². The summed E-state index contributed by atoms with van der Waals surface area (Å²) in [5.74, 6) is 0. The zero-order valence-corrected chi connectivity index (χ0v) is 15.0.